The summed E-state index contributed by atoms with van der Waals surface area (Å²) in [6.45, 7) is 5.10. The molecule has 2 fully saturated rings. The lowest BCUT2D eigenvalue weighted by Crippen LogP contribution is -2.49. The fourth-order valence-corrected chi connectivity index (χ4v) is 6.83. The van der Waals surface area contributed by atoms with Crippen molar-refractivity contribution in [1.29, 1.82) is 0 Å². The maximum atomic E-state index is 14.8. The molecule has 0 amide bonds. The molecule has 2 saturated heterocycles. The van der Waals surface area contributed by atoms with E-state index in [4.69, 9.17) is 4.42 Å². The molecule has 2 bridgehead atoms. The van der Waals surface area contributed by atoms with Gasteiger partial charge in [0.2, 0.25) is 15.9 Å². The number of hydrogen-bond acceptors (Lipinski definition) is 6. The van der Waals surface area contributed by atoms with Gasteiger partial charge in [-0.3, -0.25) is 0 Å². The highest BCUT2D eigenvalue weighted by Crippen LogP contribution is 2.41. The summed E-state index contributed by atoms with van der Waals surface area (Å²) >= 11 is 0. The van der Waals surface area contributed by atoms with Gasteiger partial charge in [0.15, 0.2) is 0 Å². The predicted molar refractivity (Wildman–Crippen MR) is 110 cm³/mol. The number of sulfonamides is 1. The van der Waals surface area contributed by atoms with Crippen LogP contribution in [0.5, 0.6) is 0 Å². The Balaban J connectivity index is 1.70. The number of piperidine rings is 1. The van der Waals surface area contributed by atoms with E-state index in [1.807, 2.05) is 0 Å². The van der Waals surface area contributed by atoms with Crippen molar-refractivity contribution in [2.24, 2.45) is 0 Å². The zero-order valence-corrected chi connectivity index (χ0v) is 18.6. The van der Waals surface area contributed by atoms with Gasteiger partial charge < -0.3 is 9.73 Å². The molecule has 3 N–H and O–H groups in total. The normalized spacial score (nSPS) is 26.8. The molecule has 3 heterocycles. The first-order valence-corrected chi connectivity index (χ1v) is 11.9. The lowest BCUT2D eigenvalue weighted by Gasteiger charge is -2.30. The van der Waals surface area contributed by atoms with Gasteiger partial charge in [-0.05, 0) is 43.0 Å². The number of fused-ring (bicyclic) bond motifs is 2. The number of aryl methyl sites for hydroxylation is 1. The molecule has 0 spiro atoms. The first-order valence-electron chi connectivity index (χ1n) is 10.3. The second-order valence-electron chi connectivity index (χ2n) is 8.79. The van der Waals surface area contributed by atoms with E-state index in [2.05, 4.69) is 20.2 Å². The maximum Gasteiger partial charge on any atom is 0.434 e. The molecule has 2 aromatic rings. The van der Waals surface area contributed by atoms with Crippen molar-refractivity contribution in [1.82, 2.24) is 20.2 Å². The highest BCUT2D eigenvalue weighted by atomic mass is 32.2. The van der Waals surface area contributed by atoms with Crippen molar-refractivity contribution in [3.63, 3.8) is 0 Å². The van der Waals surface area contributed by atoms with Crippen LogP contribution in [-0.2, 0) is 10.0 Å². The lowest BCUT2D eigenvalue weighted by molar-refractivity contribution is -0.0432. The van der Waals surface area contributed by atoms with E-state index in [0.717, 1.165) is 5.56 Å². The zero-order valence-electron chi connectivity index (χ0n) is 17.8. The van der Waals surface area contributed by atoms with Crippen LogP contribution in [0.4, 0.5) is 13.2 Å². The number of halogens is 3. The fourth-order valence-electron chi connectivity index (χ4n) is 4.90. The van der Waals surface area contributed by atoms with E-state index in [1.165, 1.54) is 6.07 Å². The SMILES string of the molecule is Cc1ccc(F)c([C@@H](C)[C@H](NS(=O)(=O)C2CC3CC(F)(F)CC2N3)c2n[nH]c(=O)o2)c1C. The van der Waals surface area contributed by atoms with Crippen LogP contribution >= 0.6 is 0 Å². The van der Waals surface area contributed by atoms with Gasteiger partial charge in [0.1, 0.15) is 11.9 Å². The number of alkyl halides is 2. The molecule has 0 saturated carbocycles. The molecule has 12 heteroatoms. The van der Waals surface area contributed by atoms with Crippen molar-refractivity contribution >= 4 is 10.0 Å². The minimum Gasteiger partial charge on any atom is -0.391 e. The number of H-pyrrole nitrogens is 1. The molecular formula is C20H25F3N4O4S. The Morgan fingerprint density at radius 2 is 2.00 bits per heavy atom. The van der Waals surface area contributed by atoms with Gasteiger partial charge in [0.05, 0.1) is 5.25 Å². The van der Waals surface area contributed by atoms with Crippen LogP contribution in [0.15, 0.2) is 21.3 Å². The average molecular weight is 475 g/mol. The molecule has 4 rings (SSSR count). The van der Waals surface area contributed by atoms with Gasteiger partial charge in [-0.1, -0.05) is 13.0 Å². The molecule has 3 unspecified atom stereocenters. The molecule has 2 aliphatic heterocycles. The highest BCUT2D eigenvalue weighted by Gasteiger charge is 2.53. The monoisotopic (exact) mass is 474 g/mol. The Morgan fingerprint density at radius 3 is 2.66 bits per heavy atom. The first kappa shape index (κ1) is 23.0. The van der Waals surface area contributed by atoms with Crippen molar-refractivity contribution in [2.75, 3.05) is 0 Å². The Labute approximate surface area is 183 Å². The smallest absolute Gasteiger partial charge is 0.391 e. The van der Waals surface area contributed by atoms with Gasteiger partial charge in [-0.15, -0.1) is 5.10 Å². The third-order valence-corrected chi connectivity index (χ3v) is 8.48. The fraction of sp³-hybridized carbons (Fsp3) is 0.600. The number of rotatable bonds is 6. The summed E-state index contributed by atoms with van der Waals surface area (Å²) in [7, 11) is -4.18. The van der Waals surface area contributed by atoms with Crippen LogP contribution < -0.4 is 15.8 Å². The van der Waals surface area contributed by atoms with Crippen LogP contribution in [0.2, 0.25) is 0 Å². The third-order valence-electron chi connectivity index (χ3n) is 6.58. The molecule has 5 atom stereocenters. The summed E-state index contributed by atoms with van der Waals surface area (Å²) in [5.74, 6) is -5.44. The van der Waals surface area contributed by atoms with E-state index >= 15 is 0 Å². The summed E-state index contributed by atoms with van der Waals surface area (Å²) in [6.07, 6.45) is -0.977. The molecule has 8 nitrogen and oxygen atoms in total. The van der Waals surface area contributed by atoms with E-state index in [-0.39, 0.29) is 17.9 Å². The number of benzene rings is 1. The van der Waals surface area contributed by atoms with Crippen molar-refractivity contribution in [3.05, 3.63) is 51.1 Å². The zero-order chi connectivity index (χ0) is 23.4. The Hall–Kier alpha value is -2.18. The number of hydrogen-bond donors (Lipinski definition) is 3. The third kappa shape index (κ3) is 4.23. The summed E-state index contributed by atoms with van der Waals surface area (Å²) < 4.78 is 76.8. The molecular weight excluding hydrogens is 449 g/mol. The molecule has 32 heavy (non-hydrogen) atoms. The van der Waals surface area contributed by atoms with Crippen LogP contribution in [0, 0.1) is 19.7 Å². The quantitative estimate of drug-likeness (QED) is 0.592. The van der Waals surface area contributed by atoms with Crippen LogP contribution in [0.1, 0.15) is 60.7 Å². The predicted octanol–water partition coefficient (Wildman–Crippen LogP) is 2.41. The second-order valence-corrected chi connectivity index (χ2v) is 10.7. The number of nitrogens with zero attached hydrogens (tertiary/aromatic N) is 1. The Bertz CT molecular complexity index is 1180. The van der Waals surface area contributed by atoms with E-state index < -0.39 is 69.7 Å². The number of aromatic amines is 1. The minimum atomic E-state index is -4.18. The minimum absolute atomic E-state index is 0.0268. The molecule has 0 aliphatic carbocycles. The van der Waals surface area contributed by atoms with E-state index in [0.29, 0.717) is 5.56 Å². The first-order chi connectivity index (χ1) is 14.9. The Morgan fingerprint density at radius 1 is 1.28 bits per heavy atom. The van der Waals surface area contributed by atoms with E-state index in [1.54, 1.807) is 26.8 Å². The number of nitrogens with one attached hydrogen (secondary N) is 3. The van der Waals surface area contributed by atoms with Crippen LogP contribution in [0.25, 0.3) is 0 Å². The van der Waals surface area contributed by atoms with Gasteiger partial charge >= 0.3 is 5.76 Å². The number of aromatic nitrogens is 2. The molecule has 2 aliphatic rings. The topological polar surface area (TPSA) is 117 Å². The summed E-state index contributed by atoms with van der Waals surface area (Å²) in [4.78, 5) is 11.6. The Kier molecular flexibility index (Phi) is 5.74. The molecule has 1 aromatic heterocycles. The van der Waals surface area contributed by atoms with Gasteiger partial charge in [0, 0.05) is 30.8 Å². The van der Waals surface area contributed by atoms with Crippen molar-refractivity contribution < 1.29 is 26.0 Å². The summed E-state index contributed by atoms with van der Waals surface area (Å²) in [5, 5.41) is 7.69. The highest BCUT2D eigenvalue weighted by molar-refractivity contribution is 7.90. The molecule has 1 aromatic carbocycles. The van der Waals surface area contributed by atoms with Crippen molar-refractivity contribution in [3.8, 4) is 0 Å². The van der Waals surface area contributed by atoms with Crippen LogP contribution in [0.3, 0.4) is 0 Å². The second kappa shape index (κ2) is 7.99. The van der Waals surface area contributed by atoms with Crippen LogP contribution in [-0.4, -0.2) is 41.9 Å². The maximum absolute atomic E-state index is 14.8. The average Bonchev–Trinajstić information content (AvgIpc) is 3.25. The lowest BCUT2D eigenvalue weighted by atomic mass is 9.88. The largest absolute Gasteiger partial charge is 0.434 e. The standard InChI is InChI=1S/C20H25F3N4O4S/c1-9-4-5-13(21)16(10(9)2)11(3)17(18-25-26-19(28)31-18)27-32(29,30)15-6-12-7-20(22,23)8-14(15)24-12/h4-5,11-12,14-15,17,24,27H,6-8H2,1-3H3,(H,26,28)/t11-,12?,14?,15?,17+/m1/s1. The summed E-state index contributed by atoms with van der Waals surface area (Å²) in [5.41, 5.74) is 1.67. The van der Waals surface area contributed by atoms with Gasteiger partial charge in [-0.25, -0.2) is 36.2 Å². The van der Waals surface area contributed by atoms with Crippen molar-refractivity contribution in [2.45, 2.75) is 75.2 Å². The van der Waals surface area contributed by atoms with Gasteiger partial charge in [-0.2, -0.15) is 0 Å². The molecule has 0 radical (unpaired) electrons. The van der Waals surface area contributed by atoms with E-state index in [9.17, 15) is 26.4 Å². The van der Waals surface area contributed by atoms with Gasteiger partial charge in [0.25, 0.3) is 5.92 Å². The molecule has 176 valence electrons. The summed E-state index contributed by atoms with van der Waals surface area (Å²) in [6, 6.07) is 0.142.